The third-order valence-corrected chi connectivity index (χ3v) is 4.02. The summed E-state index contributed by atoms with van der Waals surface area (Å²) in [7, 11) is 0. The SMILES string of the molecule is Cc1cc(NC(=O)C(C)OC(=O)c2ccc(N3CCCC3=O)cc2)no1. The van der Waals surface area contributed by atoms with E-state index in [4.69, 9.17) is 9.26 Å². The second-order valence-electron chi connectivity index (χ2n) is 6.06. The average Bonchev–Trinajstić information content (AvgIpc) is 3.23. The summed E-state index contributed by atoms with van der Waals surface area (Å²) in [4.78, 5) is 37.7. The summed E-state index contributed by atoms with van der Waals surface area (Å²) in [5.74, 6) is -0.237. The van der Waals surface area contributed by atoms with E-state index in [1.807, 2.05) is 0 Å². The van der Waals surface area contributed by atoms with E-state index < -0.39 is 18.0 Å². The Labute approximate surface area is 150 Å². The minimum absolute atomic E-state index is 0.0775. The number of carbonyl (C=O) groups excluding carboxylic acids is 3. The lowest BCUT2D eigenvalue weighted by Crippen LogP contribution is -2.30. The summed E-state index contributed by atoms with van der Waals surface area (Å²) < 4.78 is 10.0. The van der Waals surface area contributed by atoms with Crippen LogP contribution in [0.3, 0.4) is 0 Å². The first-order valence-electron chi connectivity index (χ1n) is 8.29. The van der Waals surface area contributed by atoms with Crippen LogP contribution in [0.1, 0.15) is 35.9 Å². The van der Waals surface area contributed by atoms with Gasteiger partial charge in [0.1, 0.15) is 5.76 Å². The van der Waals surface area contributed by atoms with Crippen molar-refractivity contribution in [3.8, 4) is 0 Å². The van der Waals surface area contributed by atoms with Gasteiger partial charge in [-0.2, -0.15) is 0 Å². The number of nitrogens with zero attached hydrogens (tertiary/aromatic N) is 2. The molecule has 2 aromatic rings. The van der Waals surface area contributed by atoms with Crippen molar-refractivity contribution < 1.29 is 23.6 Å². The summed E-state index contributed by atoms with van der Waals surface area (Å²) in [6, 6.07) is 8.11. The maximum Gasteiger partial charge on any atom is 0.338 e. The van der Waals surface area contributed by atoms with Crippen molar-refractivity contribution in [2.75, 3.05) is 16.8 Å². The minimum Gasteiger partial charge on any atom is -0.449 e. The quantitative estimate of drug-likeness (QED) is 0.824. The summed E-state index contributed by atoms with van der Waals surface area (Å²) in [5.41, 5.74) is 1.05. The Kier molecular flexibility index (Phi) is 5.01. The molecular formula is C18H19N3O5. The van der Waals surface area contributed by atoms with Gasteiger partial charge in [0.25, 0.3) is 5.91 Å². The van der Waals surface area contributed by atoms with E-state index in [0.717, 1.165) is 12.1 Å². The maximum absolute atomic E-state index is 12.2. The zero-order valence-corrected chi connectivity index (χ0v) is 14.5. The van der Waals surface area contributed by atoms with Gasteiger partial charge in [-0.3, -0.25) is 9.59 Å². The van der Waals surface area contributed by atoms with Gasteiger partial charge in [0.2, 0.25) is 5.91 Å². The van der Waals surface area contributed by atoms with Crippen LogP contribution in [0.25, 0.3) is 0 Å². The fraction of sp³-hybridized carbons (Fsp3) is 0.333. The monoisotopic (exact) mass is 357 g/mol. The molecule has 0 saturated carbocycles. The Hall–Kier alpha value is -3.16. The van der Waals surface area contributed by atoms with Crippen LogP contribution in [-0.2, 0) is 14.3 Å². The lowest BCUT2D eigenvalue weighted by molar-refractivity contribution is -0.123. The van der Waals surface area contributed by atoms with Crippen LogP contribution in [0, 0.1) is 6.92 Å². The molecule has 1 aliphatic heterocycles. The Balaban J connectivity index is 1.58. The highest BCUT2D eigenvalue weighted by Crippen LogP contribution is 2.22. The fourth-order valence-electron chi connectivity index (χ4n) is 2.63. The van der Waals surface area contributed by atoms with Crippen LogP contribution in [0.2, 0.25) is 0 Å². The molecule has 1 N–H and O–H groups in total. The first-order valence-corrected chi connectivity index (χ1v) is 8.29. The molecule has 8 heteroatoms. The molecule has 1 unspecified atom stereocenters. The molecule has 26 heavy (non-hydrogen) atoms. The van der Waals surface area contributed by atoms with E-state index in [-0.39, 0.29) is 11.7 Å². The van der Waals surface area contributed by atoms with Crippen molar-refractivity contribution in [1.82, 2.24) is 5.16 Å². The summed E-state index contributed by atoms with van der Waals surface area (Å²) in [5, 5.41) is 6.15. The van der Waals surface area contributed by atoms with Crippen LogP contribution in [0.5, 0.6) is 0 Å². The van der Waals surface area contributed by atoms with Crippen LogP contribution in [-0.4, -0.2) is 35.6 Å². The second-order valence-corrected chi connectivity index (χ2v) is 6.06. The van der Waals surface area contributed by atoms with Crippen molar-refractivity contribution in [3.05, 3.63) is 41.7 Å². The highest BCUT2D eigenvalue weighted by molar-refractivity contribution is 5.98. The molecule has 1 aliphatic rings. The molecule has 0 bridgehead atoms. The van der Waals surface area contributed by atoms with Crippen LogP contribution >= 0.6 is 0 Å². The van der Waals surface area contributed by atoms with Gasteiger partial charge >= 0.3 is 5.97 Å². The predicted molar refractivity (Wildman–Crippen MR) is 92.8 cm³/mol. The van der Waals surface area contributed by atoms with Gasteiger partial charge in [-0.05, 0) is 44.5 Å². The van der Waals surface area contributed by atoms with Gasteiger partial charge in [0.05, 0.1) is 5.56 Å². The Morgan fingerprint density at radius 3 is 2.62 bits per heavy atom. The van der Waals surface area contributed by atoms with E-state index >= 15 is 0 Å². The van der Waals surface area contributed by atoms with E-state index in [2.05, 4.69) is 10.5 Å². The number of esters is 1. The highest BCUT2D eigenvalue weighted by atomic mass is 16.5. The molecule has 1 aromatic heterocycles. The summed E-state index contributed by atoms with van der Waals surface area (Å²) in [6.45, 7) is 3.85. The van der Waals surface area contributed by atoms with Gasteiger partial charge < -0.3 is 19.5 Å². The zero-order valence-electron chi connectivity index (χ0n) is 14.5. The lowest BCUT2D eigenvalue weighted by atomic mass is 10.2. The van der Waals surface area contributed by atoms with Gasteiger partial charge in [0.15, 0.2) is 11.9 Å². The van der Waals surface area contributed by atoms with E-state index in [0.29, 0.717) is 24.3 Å². The number of hydrogen-bond acceptors (Lipinski definition) is 6. The second kappa shape index (κ2) is 7.38. The molecule has 0 aliphatic carbocycles. The van der Waals surface area contributed by atoms with Crippen LogP contribution < -0.4 is 10.2 Å². The van der Waals surface area contributed by atoms with Crippen LogP contribution in [0.15, 0.2) is 34.9 Å². The predicted octanol–water partition coefficient (Wildman–Crippen LogP) is 2.29. The number of rotatable bonds is 5. The molecule has 2 heterocycles. The number of amides is 2. The third-order valence-electron chi connectivity index (χ3n) is 4.02. The van der Waals surface area contributed by atoms with Gasteiger partial charge in [-0.15, -0.1) is 0 Å². The number of hydrogen-bond donors (Lipinski definition) is 1. The lowest BCUT2D eigenvalue weighted by Gasteiger charge is -2.16. The topological polar surface area (TPSA) is 102 Å². The first-order chi connectivity index (χ1) is 12.4. The molecule has 2 amide bonds. The molecule has 3 rings (SSSR count). The van der Waals surface area contributed by atoms with E-state index in [1.165, 1.54) is 6.92 Å². The Morgan fingerprint density at radius 2 is 2.04 bits per heavy atom. The summed E-state index contributed by atoms with van der Waals surface area (Å²) in [6.07, 6.45) is 0.376. The minimum atomic E-state index is -1.00. The van der Waals surface area contributed by atoms with Gasteiger partial charge in [-0.1, -0.05) is 5.16 Å². The van der Waals surface area contributed by atoms with Crippen molar-refractivity contribution >= 4 is 29.3 Å². The van der Waals surface area contributed by atoms with E-state index in [9.17, 15) is 14.4 Å². The van der Waals surface area contributed by atoms with Crippen molar-refractivity contribution in [3.63, 3.8) is 0 Å². The number of anilines is 2. The Morgan fingerprint density at radius 1 is 1.31 bits per heavy atom. The zero-order chi connectivity index (χ0) is 18.7. The van der Waals surface area contributed by atoms with Crippen LogP contribution in [0.4, 0.5) is 11.5 Å². The molecule has 1 aromatic carbocycles. The number of nitrogens with one attached hydrogen (secondary N) is 1. The molecule has 0 radical (unpaired) electrons. The van der Waals surface area contributed by atoms with Crippen molar-refractivity contribution in [2.24, 2.45) is 0 Å². The molecule has 0 spiro atoms. The van der Waals surface area contributed by atoms with Crippen molar-refractivity contribution in [2.45, 2.75) is 32.8 Å². The number of ether oxygens (including phenoxy) is 1. The number of carbonyl (C=O) groups is 3. The molecule has 1 saturated heterocycles. The largest absolute Gasteiger partial charge is 0.449 e. The van der Waals surface area contributed by atoms with E-state index in [1.54, 1.807) is 42.2 Å². The molecule has 136 valence electrons. The highest BCUT2D eigenvalue weighted by Gasteiger charge is 2.23. The third kappa shape index (κ3) is 3.90. The normalized spacial score (nSPS) is 15.0. The summed E-state index contributed by atoms with van der Waals surface area (Å²) >= 11 is 0. The van der Waals surface area contributed by atoms with Gasteiger partial charge in [-0.25, -0.2) is 4.79 Å². The maximum atomic E-state index is 12.2. The Bertz CT molecular complexity index is 828. The molecule has 1 fully saturated rings. The average molecular weight is 357 g/mol. The molecular weight excluding hydrogens is 338 g/mol. The van der Waals surface area contributed by atoms with Gasteiger partial charge in [0, 0.05) is 24.7 Å². The molecule has 8 nitrogen and oxygen atoms in total. The van der Waals surface area contributed by atoms with Crippen molar-refractivity contribution in [1.29, 1.82) is 0 Å². The number of aryl methyl sites for hydroxylation is 1. The number of aromatic nitrogens is 1. The number of benzene rings is 1. The smallest absolute Gasteiger partial charge is 0.338 e. The first kappa shape index (κ1) is 17.7. The standard InChI is InChI=1S/C18H19N3O5/c1-11-10-15(20-26-11)19-17(23)12(2)25-18(24)13-5-7-14(8-6-13)21-9-3-4-16(21)22/h5-8,10,12H,3-4,9H2,1-2H3,(H,19,20,23). The fourth-order valence-corrected chi connectivity index (χ4v) is 2.63. The molecule has 1 atom stereocenters.